The average Bonchev–Trinajstić information content (AvgIpc) is 2.03. The number of primary amides is 1. The third-order valence-electron chi connectivity index (χ3n) is 1.53. The van der Waals surface area contributed by atoms with E-state index in [0.29, 0.717) is 0 Å². The summed E-state index contributed by atoms with van der Waals surface area (Å²) in [5.41, 5.74) is 2.65. The summed E-state index contributed by atoms with van der Waals surface area (Å²) in [6.45, 7) is 3.16. The highest BCUT2D eigenvalue weighted by molar-refractivity contribution is 6.05. The molecule has 0 radical (unpaired) electrons. The van der Waals surface area contributed by atoms with Crippen LogP contribution in [0.2, 0.25) is 0 Å². The Balaban J connectivity index is 4.52. The second-order valence-corrected chi connectivity index (χ2v) is 2.30. The van der Waals surface area contributed by atoms with Crippen molar-refractivity contribution in [1.82, 2.24) is 0 Å². The molecule has 0 aromatic carbocycles. The van der Waals surface area contributed by atoms with Gasteiger partial charge in [0.1, 0.15) is 0 Å². The van der Waals surface area contributed by atoms with Crippen molar-refractivity contribution in [2.75, 3.05) is 6.61 Å². The van der Waals surface area contributed by atoms with Gasteiger partial charge in [-0.3, -0.25) is 4.79 Å². The van der Waals surface area contributed by atoms with Gasteiger partial charge in [0.2, 0.25) is 5.60 Å². The highest BCUT2D eigenvalue weighted by atomic mass is 16.5. The van der Waals surface area contributed by atoms with Crippen LogP contribution in [-0.2, 0) is 14.3 Å². The first-order chi connectivity index (χ1) is 5.49. The second-order valence-electron chi connectivity index (χ2n) is 2.30. The number of aliphatic hydroxyl groups is 1. The number of amides is 1. The molecule has 0 saturated heterocycles. The van der Waals surface area contributed by atoms with Gasteiger partial charge >= 0.3 is 5.97 Å². The van der Waals surface area contributed by atoms with Gasteiger partial charge in [-0.15, -0.1) is 0 Å². The Morgan fingerprint density at radius 1 is 1.50 bits per heavy atom. The van der Waals surface area contributed by atoms with E-state index in [2.05, 4.69) is 4.74 Å². The molecule has 0 aromatic rings. The minimum atomic E-state index is -2.17. The summed E-state index contributed by atoms with van der Waals surface area (Å²) in [4.78, 5) is 21.6. The lowest BCUT2D eigenvalue weighted by molar-refractivity contribution is -0.170. The lowest BCUT2D eigenvalue weighted by Gasteiger charge is -2.19. The molecule has 3 N–H and O–H groups in total. The number of nitrogens with two attached hydrogens (primary N) is 1. The van der Waals surface area contributed by atoms with Crippen molar-refractivity contribution in [1.29, 1.82) is 0 Å². The molecular weight excluding hydrogens is 162 g/mol. The van der Waals surface area contributed by atoms with Crippen molar-refractivity contribution in [3.8, 4) is 0 Å². The van der Waals surface area contributed by atoms with Gasteiger partial charge in [-0.05, 0) is 13.3 Å². The molecule has 1 unspecified atom stereocenters. The van der Waals surface area contributed by atoms with Crippen LogP contribution in [0.5, 0.6) is 0 Å². The minimum Gasteiger partial charge on any atom is -0.463 e. The molecule has 0 rings (SSSR count). The molecule has 0 aromatic heterocycles. The van der Waals surface area contributed by atoms with E-state index in [4.69, 9.17) is 5.73 Å². The van der Waals surface area contributed by atoms with E-state index in [-0.39, 0.29) is 13.0 Å². The molecule has 0 saturated carbocycles. The van der Waals surface area contributed by atoms with Crippen molar-refractivity contribution >= 4 is 11.9 Å². The first-order valence-electron chi connectivity index (χ1n) is 3.68. The van der Waals surface area contributed by atoms with Crippen LogP contribution in [0.3, 0.4) is 0 Å². The highest BCUT2D eigenvalue weighted by Crippen LogP contribution is 2.11. The first kappa shape index (κ1) is 10.9. The lowest BCUT2D eigenvalue weighted by atomic mass is 10.0. The van der Waals surface area contributed by atoms with Gasteiger partial charge in [-0.2, -0.15) is 0 Å². The van der Waals surface area contributed by atoms with Crippen LogP contribution in [0.25, 0.3) is 0 Å². The quantitative estimate of drug-likeness (QED) is 0.431. The summed E-state index contributed by atoms with van der Waals surface area (Å²) in [6, 6.07) is 0. The van der Waals surface area contributed by atoms with Gasteiger partial charge in [0.05, 0.1) is 6.61 Å². The number of hydrogen-bond donors (Lipinski definition) is 2. The van der Waals surface area contributed by atoms with Crippen LogP contribution < -0.4 is 5.73 Å². The molecule has 1 amide bonds. The zero-order valence-corrected chi connectivity index (χ0v) is 7.16. The first-order valence-corrected chi connectivity index (χ1v) is 3.68. The van der Waals surface area contributed by atoms with Gasteiger partial charge in [-0.25, -0.2) is 4.79 Å². The van der Waals surface area contributed by atoms with Gasteiger partial charge < -0.3 is 15.6 Å². The summed E-state index contributed by atoms with van der Waals surface area (Å²) < 4.78 is 4.47. The van der Waals surface area contributed by atoms with E-state index in [9.17, 15) is 14.7 Å². The highest BCUT2D eigenvalue weighted by Gasteiger charge is 2.41. The van der Waals surface area contributed by atoms with Gasteiger partial charge in [0.15, 0.2) is 0 Å². The normalized spacial score (nSPS) is 14.9. The molecule has 5 nitrogen and oxygen atoms in total. The maximum atomic E-state index is 11.0. The number of carbonyl (C=O) groups is 2. The maximum absolute atomic E-state index is 11.0. The fourth-order valence-corrected chi connectivity index (χ4v) is 0.670. The summed E-state index contributed by atoms with van der Waals surface area (Å²) in [5, 5.41) is 9.35. The van der Waals surface area contributed by atoms with E-state index in [1.807, 2.05) is 0 Å². The molecule has 0 bridgehead atoms. The Morgan fingerprint density at radius 3 is 2.25 bits per heavy atom. The predicted molar refractivity (Wildman–Crippen MR) is 41.1 cm³/mol. The molecule has 1 atom stereocenters. The van der Waals surface area contributed by atoms with Crippen molar-refractivity contribution in [2.45, 2.75) is 25.9 Å². The van der Waals surface area contributed by atoms with Crippen molar-refractivity contribution in [3.63, 3.8) is 0 Å². The number of ether oxygens (including phenoxy) is 1. The molecule has 0 aliphatic carbocycles. The number of rotatable bonds is 4. The standard InChI is InChI=1S/C7H13NO4/c1-3-7(11,5(8)9)6(10)12-4-2/h11H,3-4H2,1-2H3,(H2,8,9). The topological polar surface area (TPSA) is 89.6 Å². The largest absolute Gasteiger partial charge is 0.463 e. The van der Waals surface area contributed by atoms with E-state index in [1.54, 1.807) is 6.92 Å². The second kappa shape index (κ2) is 4.06. The SMILES string of the molecule is CCOC(=O)C(O)(CC)C(N)=O. The molecule has 0 spiro atoms. The van der Waals surface area contributed by atoms with Crippen molar-refractivity contribution in [3.05, 3.63) is 0 Å². The van der Waals surface area contributed by atoms with Crippen LogP contribution in [0, 0.1) is 0 Å². The Kier molecular flexibility index (Phi) is 3.69. The predicted octanol–water partition coefficient (Wildman–Crippen LogP) is -0.824. The third kappa shape index (κ3) is 1.94. The minimum absolute atomic E-state index is 0.0822. The molecule has 0 heterocycles. The van der Waals surface area contributed by atoms with Gasteiger partial charge in [0.25, 0.3) is 5.91 Å². The van der Waals surface area contributed by atoms with Crippen molar-refractivity contribution < 1.29 is 19.4 Å². The molecular formula is C7H13NO4. The molecule has 12 heavy (non-hydrogen) atoms. The van der Waals surface area contributed by atoms with Crippen LogP contribution in [0.1, 0.15) is 20.3 Å². The monoisotopic (exact) mass is 175 g/mol. The molecule has 0 aliphatic rings. The number of carbonyl (C=O) groups excluding carboxylic acids is 2. The zero-order valence-electron chi connectivity index (χ0n) is 7.16. The fraction of sp³-hybridized carbons (Fsp3) is 0.714. The smallest absolute Gasteiger partial charge is 0.348 e. The van der Waals surface area contributed by atoms with Crippen LogP contribution in [0.4, 0.5) is 0 Å². The average molecular weight is 175 g/mol. The van der Waals surface area contributed by atoms with E-state index in [1.165, 1.54) is 6.92 Å². The maximum Gasteiger partial charge on any atom is 0.348 e. The van der Waals surface area contributed by atoms with E-state index >= 15 is 0 Å². The Labute approximate surface area is 70.5 Å². The van der Waals surface area contributed by atoms with Gasteiger partial charge in [0, 0.05) is 0 Å². The van der Waals surface area contributed by atoms with Crippen LogP contribution >= 0.6 is 0 Å². The lowest BCUT2D eigenvalue weighted by Crippen LogP contribution is -2.51. The van der Waals surface area contributed by atoms with Crippen LogP contribution in [-0.4, -0.2) is 29.2 Å². The third-order valence-corrected chi connectivity index (χ3v) is 1.53. The van der Waals surface area contributed by atoms with E-state index < -0.39 is 17.5 Å². The summed E-state index contributed by atoms with van der Waals surface area (Å²) >= 11 is 0. The Bertz CT molecular complexity index is 192. The summed E-state index contributed by atoms with van der Waals surface area (Å²) in [6.07, 6.45) is -0.0822. The Morgan fingerprint density at radius 2 is 2.00 bits per heavy atom. The summed E-state index contributed by atoms with van der Waals surface area (Å²) in [5.74, 6) is -2.07. The fourth-order valence-electron chi connectivity index (χ4n) is 0.670. The zero-order chi connectivity index (χ0) is 9.78. The Hall–Kier alpha value is -1.10. The van der Waals surface area contributed by atoms with Crippen molar-refractivity contribution in [2.24, 2.45) is 5.73 Å². The van der Waals surface area contributed by atoms with E-state index in [0.717, 1.165) is 0 Å². The molecule has 70 valence electrons. The van der Waals surface area contributed by atoms with Crippen LogP contribution in [0.15, 0.2) is 0 Å². The molecule has 0 fully saturated rings. The number of esters is 1. The number of hydrogen-bond acceptors (Lipinski definition) is 4. The van der Waals surface area contributed by atoms with Gasteiger partial charge in [-0.1, -0.05) is 6.92 Å². The molecule has 0 aliphatic heterocycles. The summed E-state index contributed by atoms with van der Waals surface area (Å²) in [7, 11) is 0. The molecule has 5 heteroatoms.